The number of carbonyl (C=O) groups is 1. The van der Waals surface area contributed by atoms with Crippen LogP contribution in [-0.4, -0.2) is 46.4 Å². The Kier molecular flexibility index (Phi) is 6.27. The van der Waals surface area contributed by atoms with Gasteiger partial charge in [0.15, 0.2) is 17.1 Å². The number of ether oxygens (including phenoxy) is 2. The normalized spacial score (nSPS) is 10.8. The van der Waals surface area contributed by atoms with Crippen LogP contribution in [0.3, 0.4) is 0 Å². The lowest BCUT2D eigenvalue weighted by molar-refractivity contribution is 0.0951. The van der Waals surface area contributed by atoms with Crippen molar-refractivity contribution in [3.8, 4) is 11.5 Å². The van der Waals surface area contributed by atoms with Gasteiger partial charge in [0.05, 0.1) is 38.9 Å². The minimum atomic E-state index is -0.203. The van der Waals surface area contributed by atoms with E-state index < -0.39 is 0 Å². The third-order valence-corrected chi connectivity index (χ3v) is 5.58. The van der Waals surface area contributed by atoms with Crippen molar-refractivity contribution < 1.29 is 14.3 Å². The number of hydrogen-bond donors (Lipinski definition) is 2. The van der Waals surface area contributed by atoms with Gasteiger partial charge in [0.25, 0.3) is 5.91 Å². The molecule has 1 amide bonds. The molecule has 1 aromatic carbocycles. The summed E-state index contributed by atoms with van der Waals surface area (Å²) < 4.78 is 12.2. The van der Waals surface area contributed by atoms with Crippen molar-refractivity contribution in [2.45, 2.75) is 13.1 Å². The van der Waals surface area contributed by atoms with Crippen molar-refractivity contribution in [1.82, 2.24) is 25.1 Å². The Bertz CT molecular complexity index is 1180. The highest BCUT2D eigenvalue weighted by Crippen LogP contribution is 2.27. The molecule has 9 nitrogen and oxygen atoms in total. The Balaban J connectivity index is 1.39. The number of benzene rings is 1. The maximum atomic E-state index is 12.5. The molecule has 160 valence electrons. The second kappa shape index (κ2) is 9.43. The molecule has 4 aromatic rings. The van der Waals surface area contributed by atoms with Gasteiger partial charge in [-0.3, -0.25) is 4.79 Å². The SMILES string of the molecule is COc1ccc(C(=O)NCCn2ncc3c(NCc4cccs4)ncnc32)cc1OC. The zero-order valence-electron chi connectivity index (χ0n) is 17.2. The van der Waals surface area contributed by atoms with Gasteiger partial charge in [0.2, 0.25) is 0 Å². The van der Waals surface area contributed by atoms with Crippen molar-refractivity contribution in [2.24, 2.45) is 0 Å². The van der Waals surface area contributed by atoms with Crippen LogP contribution >= 0.6 is 11.3 Å². The second-order valence-corrected chi connectivity index (χ2v) is 7.62. The van der Waals surface area contributed by atoms with E-state index in [0.29, 0.717) is 42.3 Å². The number of thiophene rings is 1. The standard InChI is InChI=1S/C21H22N6O3S/c1-29-17-6-5-14(10-18(17)30-2)21(28)22-7-8-27-20-16(12-26-27)19(24-13-25-20)23-11-15-4-3-9-31-15/h3-6,9-10,12-13H,7-8,11H2,1-2H3,(H,22,28)(H,23,24,25). The number of anilines is 1. The Morgan fingerprint density at radius 3 is 2.81 bits per heavy atom. The zero-order valence-corrected chi connectivity index (χ0v) is 18.0. The monoisotopic (exact) mass is 438 g/mol. The summed E-state index contributed by atoms with van der Waals surface area (Å²) in [5.74, 6) is 1.61. The number of carbonyl (C=O) groups excluding carboxylic acids is 1. The number of fused-ring (bicyclic) bond motifs is 1. The molecule has 0 radical (unpaired) electrons. The number of methoxy groups -OCH3 is 2. The smallest absolute Gasteiger partial charge is 0.251 e. The van der Waals surface area contributed by atoms with E-state index in [1.165, 1.54) is 18.3 Å². The van der Waals surface area contributed by atoms with Crippen LogP contribution in [0.2, 0.25) is 0 Å². The van der Waals surface area contributed by atoms with Gasteiger partial charge in [-0.05, 0) is 29.6 Å². The molecule has 31 heavy (non-hydrogen) atoms. The molecule has 4 rings (SSSR count). The van der Waals surface area contributed by atoms with E-state index in [4.69, 9.17) is 9.47 Å². The fraction of sp³-hybridized carbons (Fsp3) is 0.238. The highest BCUT2D eigenvalue weighted by atomic mass is 32.1. The van der Waals surface area contributed by atoms with Crippen molar-refractivity contribution in [3.63, 3.8) is 0 Å². The number of rotatable bonds is 9. The summed E-state index contributed by atoms with van der Waals surface area (Å²) in [6.45, 7) is 1.56. The zero-order chi connectivity index (χ0) is 21.6. The summed E-state index contributed by atoms with van der Waals surface area (Å²) in [6.07, 6.45) is 3.25. The van der Waals surface area contributed by atoms with Crippen LogP contribution in [0.25, 0.3) is 11.0 Å². The van der Waals surface area contributed by atoms with Gasteiger partial charge in [-0.15, -0.1) is 11.3 Å². The van der Waals surface area contributed by atoms with Gasteiger partial charge in [0, 0.05) is 17.0 Å². The van der Waals surface area contributed by atoms with Gasteiger partial charge < -0.3 is 20.1 Å². The molecule has 0 atom stereocenters. The molecule has 0 saturated carbocycles. The van der Waals surface area contributed by atoms with Crippen molar-refractivity contribution >= 4 is 34.1 Å². The lowest BCUT2D eigenvalue weighted by Crippen LogP contribution is -2.27. The third-order valence-electron chi connectivity index (χ3n) is 4.70. The second-order valence-electron chi connectivity index (χ2n) is 6.59. The maximum absolute atomic E-state index is 12.5. The highest BCUT2D eigenvalue weighted by molar-refractivity contribution is 7.09. The molecule has 0 unspecified atom stereocenters. The van der Waals surface area contributed by atoms with E-state index >= 15 is 0 Å². The first kappa shape index (κ1) is 20.6. The third kappa shape index (κ3) is 4.58. The number of aromatic nitrogens is 4. The van der Waals surface area contributed by atoms with E-state index in [0.717, 1.165) is 11.2 Å². The summed E-state index contributed by atoms with van der Waals surface area (Å²) in [4.78, 5) is 22.4. The van der Waals surface area contributed by atoms with Gasteiger partial charge in [-0.25, -0.2) is 14.6 Å². The average molecular weight is 439 g/mol. The number of amides is 1. The Morgan fingerprint density at radius 2 is 2.03 bits per heavy atom. The molecule has 3 aromatic heterocycles. The number of nitrogens with one attached hydrogen (secondary N) is 2. The van der Waals surface area contributed by atoms with Crippen LogP contribution in [0, 0.1) is 0 Å². The number of hydrogen-bond acceptors (Lipinski definition) is 8. The highest BCUT2D eigenvalue weighted by Gasteiger charge is 2.12. The van der Waals surface area contributed by atoms with Gasteiger partial charge in [0.1, 0.15) is 12.1 Å². The van der Waals surface area contributed by atoms with Crippen LogP contribution < -0.4 is 20.1 Å². The molecule has 0 bridgehead atoms. The van der Waals surface area contributed by atoms with Crippen LogP contribution in [-0.2, 0) is 13.1 Å². The number of nitrogens with zero attached hydrogens (tertiary/aromatic N) is 4. The largest absolute Gasteiger partial charge is 0.493 e. The summed E-state index contributed by atoms with van der Waals surface area (Å²) in [6, 6.07) is 9.14. The van der Waals surface area contributed by atoms with Crippen LogP contribution in [0.1, 0.15) is 15.2 Å². The van der Waals surface area contributed by atoms with Gasteiger partial charge >= 0.3 is 0 Å². The van der Waals surface area contributed by atoms with Crippen LogP contribution in [0.5, 0.6) is 11.5 Å². The van der Waals surface area contributed by atoms with Crippen molar-refractivity contribution in [3.05, 3.63) is 58.7 Å². The molecular weight excluding hydrogens is 416 g/mol. The van der Waals surface area contributed by atoms with E-state index in [-0.39, 0.29) is 5.91 Å². The predicted octanol–water partition coefficient (Wildman–Crippen LogP) is 2.95. The lowest BCUT2D eigenvalue weighted by atomic mass is 10.2. The Hall–Kier alpha value is -3.66. The molecule has 0 aliphatic rings. The van der Waals surface area contributed by atoms with E-state index in [2.05, 4.69) is 31.8 Å². The van der Waals surface area contributed by atoms with Crippen molar-refractivity contribution in [2.75, 3.05) is 26.1 Å². The summed E-state index contributed by atoms with van der Waals surface area (Å²) in [5, 5.41) is 13.5. The summed E-state index contributed by atoms with van der Waals surface area (Å²) in [7, 11) is 3.09. The Morgan fingerprint density at radius 1 is 1.16 bits per heavy atom. The molecule has 0 fully saturated rings. The quantitative estimate of drug-likeness (QED) is 0.414. The van der Waals surface area contributed by atoms with E-state index in [9.17, 15) is 4.79 Å². The topological polar surface area (TPSA) is 103 Å². The van der Waals surface area contributed by atoms with Crippen LogP contribution in [0.15, 0.2) is 48.2 Å². The predicted molar refractivity (Wildman–Crippen MR) is 119 cm³/mol. The first-order valence-corrected chi connectivity index (χ1v) is 10.5. The minimum absolute atomic E-state index is 0.203. The molecule has 0 saturated heterocycles. The fourth-order valence-electron chi connectivity index (χ4n) is 3.14. The molecule has 0 aliphatic carbocycles. The molecule has 10 heteroatoms. The van der Waals surface area contributed by atoms with Gasteiger partial charge in [-0.1, -0.05) is 6.07 Å². The molecule has 0 spiro atoms. The fourth-order valence-corrected chi connectivity index (χ4v) is 3.78. The van der Waals surface area contributed by atoms with E-state index in [1.807, 2.05) is 11.4 Å². The van der Waals surface area contributed by atoms with Gasteiger partial charge in [-0.2, -0.15) is 5.10 Å². The van der Waals surface area contributed by atoms with E-state index in [1.54, 1.807) is 47.5 Å². The maximum Gasteiger partial charge on any atom is 0.251 e. The minimum Gasteiger partial charge on any atom is -0.493 e. The van der Waals surface area contributed by atoms with Crippen molar-refractivity contribution in [1.29, 1.82) is 0 Å². The molecule has 0 aliphatic heterocycles. The lowest BCUT2D eigenvalue weighted by Gasteiger charge is -2.10. The van der Waals surface area contributed by atoms with Crippen LogP contribution in [0.4, 0.5) is 5.82 Å². The average Bonchev–Trinajstić information content (AvgIpc) is 3.47. The molecule has 3 heterocycles. The summed E-state index contributed by atoms with van der Waals surface area (Å²) in [5.41, 5.74) is 1.20. The Labute approximate surface area is 183 Å². The molecular formula is C21H22N6O3S. The first-order valence-electron chi connectivity index (χ1n) is 9.62. The molecule has 2 N–H and O–H groups in total. The summed E-state index contributed by atoms with van der Waals surface area (Å²) >= 11 is 1.69. The first-order chi connectivity index (χ1) is 15.2.